The second-order valence-corrected chi connectivity index (χ2v) is 7.91. The Morgan fingerprint density at radius 2 is 1.62 bits per heavy atom. The Bertz CT molecular complexity index is 959. The third kappa shape index (κ3) is 7.16. The van der Waals surface area contributed by atoms with Gasteiger partial charge < -0.3 is 20.3 Å². The molecule has 2 N–H and O–H groups in total. The minimum atomic E-state index is -0.434. The molecule has 1 aliphatic rings. The van der Waals surface area contributed by atoms with E-state index in [2.05, 4.69) is 10.6 Å². The number of amides is 2. The molecule has 0 unspecified atom stereocenters. The molecule has 1 saturated heterocycles. The molecule has 3 rings (SSSR count). The largest absolute Gasteiger partial charge is 0.465 e. The molecule has 2 amide bonds. The van der Waals surface area contributed by atoms with Crippen LogP contribution in [0.15, 0.2) is 54.6 Å². The van der Waals surface area contributed by atoms with Gasteiger partial charge in [0.1, 0.15) is 0 Å². The maximum absolute atomic E-state index is 12.7. The van der Waals surface area contributed by atoms with Crippen LogP contribution in [0.25, 0.3) is 0 Å². The number of nitrogens with zero attached hydrogens (tertiary/aromatic N) is 1. The van der Waals surface area contributed by atoms with Crippen molar-refractivity contribution in [2.75, 3.05) is 25.0 Å². The number of rotatable bonds is 8. The highest BCUT2D eigenvalue weighted by molar-refractivity contribution is 7.80. The van der Waals surface area contributed by atoms with E-state index < -0.39 is 11.9 Å². The zero-order chi connectivity index (χ0) is 22.8. The van der Waals surface area contributed by atoms with Gasteiger partial charge in [0.25, 0.3) is 5.91 Å². The van der Waals surface area contributed by atoms with Gasteiger partial charge in [-0.25, -0.2) is 0 Å². The van der Waals surface area contributed by atoms with Crippen molar-refractivity contribution in [3.63, 3.8) is 0 Å². The summed E-state index contributed by atoms with van der Waals surface area (Å²) in [6.07, 6.45) is 2.56. The highest BCUT2D eigenvalue weighted by Crippen LogP contribution is 2.20. The van der Waals surface area contributed by atoms with Crippen molar-refractivity contribution in [2.45, 2.75) is 32.1 Å². The first kappa shape index (κ1) is 23.4. The summed E-state index contributed by atoms with van der Waals surface area (Å²) in [6, 6.07) is 16.8. The summed E-state index contributed by atoms with van der Waals surface area (Å²) in [7, 11) is 0. The van der Waals surface area contributed by atoms with Gasteiger partial charge in [0.05, 0.1) is 24.3 Å². The van der Waals surface area contributed by atoms with Crippen molar-refractivity contribution >= 4 is 40.8 Å². The number of benzene rings is 2. The number of carbonyl (C=O) groups is 3. The van der Waals surface area contributed by atoms with Crippen LogP contribution < -0.4 is 10.6 Å². The molecule has 0 aromatic heterocycles. The Labute approximate surface area is 193 Å². The summed E-state index contributed by atoms with van der Waals surface area (Å²) < 4.78 is 5.18. The molecule has 0 saturated carbocycles. The van der Waals surface area contributed by atoms with Gasteiger partial charge in [-0.1, -0.05) is 42.5 Å². The zero-order valence-electron chi connectivity index (χ0n) is 17.8. The molecular formula is C24H27N3O4S. The molecule has 0 atom stereocenters. The molecule has 0 bridgehead atoms. The lowest BCUT2D eigenvalue weighted by Gasteiger charge is -2.18. The van der Waals surface area contributed by atoms with Crippen molar-refractivity contribution in [1.82, 2.24) is 10.2 Å². The van der Waals surface area contributed by atoms with Crippen LogP contribution in [-0.2, 0) is 20.7 Å². The highest BCUT2D eigenvalue weighted by atomic mass is 32.1. The molecule has 168 valence electrons. The number of carbonyl (C=O) groups excluding carboxylic acids is 3. The van der Waals surface area contributed by atoms with Gasteiger partial charge in [0.15, 0.2) is 5.11 Å². The number of likely N-dealkylation sites (tertiary alicyclic amines) is 1. The average molecular weight is 454 g/mol. The second-order valence-electron chi connectivity index (χ2n) is 7.50. The normalized spacial score (nSPS) is 12.8. The number of para-hydroxylation sites is 1. The fraction of sp³-hybridized carbons (Fsp3) is 0.333. The van der Waals surface area contributed by atoms with E-state index in [9.17, 15) is 14.4 Å². The molecule has 1 aliphatic heterocycles. The van der Waals surface area contributed by atoms with E-state index >= 15 is 0 Å². The fourth-order valence-electron chi connectivity index (χ4n) is 3.43. The zero-order valence-corrected chi connectivity index (χ0v) is 18.7. The first-order valence-corrected chi connectivity index (χ1v) is 11.1. The Kier molecular flexibility index (Phi) is 8.74. The lowest BCUT2D eigenvalue weighted by molar-refractivity contribution is -0.144. The van der Waals surface area contributed by atoms with Crippen LogP contribution in [0.2, 0.25) is 0 Å². The van der Waals surface area contributed by atoms with Crippen LogP contribution >= 0.6 is 12.2 Å². The molecule has 0 aliphatic carbocycles. The molecule has 0 spiro atoms. The van der Waals surface area contributed by atoms with E-state index in [-0.39, 0.29) is 30.5 Å². The maximum Gasteiger partial charge on any atom is 0.306 e. The van der Waals surface area contributed by atoms with Crippen LogP contribution in [0.3, 0.4) is 0 Å². The van der Waals surface area contributed by atoms with E-state index in [1.54, 1.807) is 24.3 Å². The minimum absolute atomic E-state index is 0.0345. The summed E-state index contributed by atoms with van der Waals surface area (Å²) in [4.78, 5) is 38.6. The third-order valence-electron chi connectivity index (χ3n) is 5.10. The van der Waals surface area contributed by atoms with E-state index in [1.807, 2.05) is 35.2 Å². The van der Waals surface area contributed by atoms with Gasteiger partial charge in [-0.15, -0.1) is 0 Å². The van der Waals surface area contributed by atoms with Crippen LogP contribution in [0.1, 0.15) is 41.6 Å². The number of esters is 1. The molecule has 1 heterocycles. The fourth-order valence-corrected chi connectivity index (χ4v) is 3.65. The predicted octanol–water partition coefficient (Wildman–Crippen LogP) is 3.30. The lowest BCUT2D eigenvalue weighted by Crippen LogP contribution is -2.35. The first-order valence-electron chi connectivity index (χ1n) is 10.7. The van der Waals surface area contributed by atoms with Gasteiger partial charge in [0.2, 0.25) is 5.91 Å². The third-order valence-corrected chi connectivity index (χ3v) is 5.31. The number of hydrogen-bond acceptors (Lipinski definition) is 5. The molecule has 32 heavy (non-hydrogen) atoms. The molecule has 2 aromatic carbocycles. The number of thiocarbonyl (C=S) groups is 1. The molecule has 7 nitrogen and oxygen atoms in total. The molecular weight excluding hydrogens is 426 g/mol. The summed E-state index contributed by atoms with van der Waals surface area (Å²) in [5, 5.41) is 5.55. The monoisotopic (exact) mass is 453 g/mol. The topological polar surface area (TPSA) is 87.7 Å². The van der Waals surface area contributed by atoms with Gasteiger partial charge in [0, 0.05) is 25.9 Å². The van der Waals surface area contributed by atoms with Crippen molar-refractivity contribution in [3.8, 4) is 0 Å². The first-order chi connectivity index (χ1) is 15.5. The number of hydrogen-bond donors (Lipinski definition) is 2. The summed E-state index contributed by atoms with van der Waals surface area (Å²) >= 11 is 5.21. The Balaban J connectivity index is 1.40. The molecule has 1 fully saturated rings. The van der Waals surface area contributed by atoms with Crippen LogP contribution in [0.4, 0.5) is 5.69 Å². The van der Waals surface area contributed by atoms with Crippen molar-refractivity contribution < 1.29 is 19.1 Å². The Hall–Kier alpha value is -3.26. The number of nitrogens with one attached hydrogen (secondary N) is 2. The van der Waals surface area contributed by atoms with Gasteiger partial charge in [-0.05, 0) is 42.8 Å². The van der Waals surface area contributed by atoms with E-state index in [0.717, 1.165) is 31.5 Å². The smallest absolute Gasteiger partial charge is 0.306 e. The minimum Gasteiger partial charge on any atom is -0.465 e. The summed E-state index contributed by atoms with van der Waals surface area (Å²) in [5.74, 6) is -0.889. The molecule has 0 radical (unpaired) electrons. The Morgan fingerprint density at radius 1 is 0.938 bits per heavy atom. The maximum atomic E-state index is 12.7. The van der Waals surface area contributed by atoms with Crippen LogP contribution in [0.5, 0.6) is 0 Å². The summed E-state index contributed by atoms with van der Waals surface area (Å²) in [5.41, 5.74) is 2.13. The van der Waals surface area contributed by atoms with Crippen LogP contribution in [0, 0.1) is 0 Å². The van der Waals surface area contributed by atoms with Crippen molar-refractivity contribution in [2.24, 2.45) is 0 Å². The lowest BCUT2D eigenvalue weighted by atomic mass is 10.1. The SMILES string of the molecule is O=C(CCC(=O)OCCc1ccccc1)NC(=S)Nc1ccccc1C(=O)N1CCCC1. The second kappa shape index (κ2) is 12.0. The average Bonchev–Trinajstić information content (AvgIpc) is 3.33. The van der Waals surface area contributed by atoms with E-state index in [0.29, 0.717) is 17.7 Å². The van der Waals surface area contributed by atoms with Crippen molar-refractivity contribution in [3.05, 3.63) is 65.7 Å². The van der Waals surface area contributed by atoms with Gasteiger partial charge >= 0.3 is 5.97 Å². The number of ether oxygens (including phenoxy) is 1. The summed E-state index contributed by atoms with van der Waals surface area (Å²) in [6.45, 7) is 1.76. The van der Waals surface area contributed by atoms with Crippen molar-refractivity contribution in [1.29, 1.82) is 0 Å². The Morgan fingerprint density at radius 3 is 2.38 bits per heavy atom. The molecule has 8 heteroatoms. The van der Waals surface area contributed by atoms with Gasteiger partial charge in [-0.2, -0.15) is 0 Å². The van der Waals surface area contributed by atoms with E-state index in [1.165, 1.54) is 0 Å². The molecule has 2 aromatic rings. The number of anilines is 1. The van der Waals surface area contributed by atoms with E-state index in [4.69, 9.17) is 17.0 Å². The quantitative estimate of drug-likeness (QED) is 0.471. The highest BCUT2D eigenvalue weighted by Gasteiger charge is 2.22. The van der Waals surface area contributed by atoms with Crippen LogP contribution in [-0.4, -0.2) is 47.5 Å². The van der Waals surface area contributed by atoms with Gasteiger partial charge in [-0.3, -0.25) is 14.4 Å². The predicted molar refractivity (Wildman–Crippen MR) is 126 cm³/mol. The standard InChI is InChI=1S/C24H27N3O4S/c28-21(12-13-22(29)31-17-14-18-8-2-1-3-9-18)26-24(32)25-20-11-5-4-10-19(20)23(30)27-15-6-7-16-27/h1-5,8-11H,6-7,12-17H2,(H2,25,26,28,32).